The van der Waals surface area contributed by atoms with E-state index in [4.69, 9.17) is 4.42 Å². The summed E-state index contributed by atoms with van der Waals surface area (Å²) in [6.07, 6.45) is 2.55. The molecule has 0 aliphatic heterocycles. The first-order valence-electron chi connectivity index (χ1n) is 5.36. The van der Waals surface area contributed by atoms with Crippen LogP contribution < -0.4 is 0 Å². The zero-order valence-electron chi connectivity index (χ0n) is 9.82. The van der Waals surface area contributed by atoms with E-state index in [9.17, 15) is 4.79 Å². The Morgan fingerprint density at radius 2 is 2.35 bits per heavy atom. The first kappa shape index (κ1) is 11.4. The van der Waals surface area contributed by atoms with Gasteiger partial charge in [-0.3, -0.25) is 4.79 Å². The number of hydrogen-bond acceptors (Lipinski definition) is 4. The van der Waals surface area contributed by atoms with Crippen molar-refractivity contribution in [3.63, 3.8) is 0 Å². The van der Waals surface area contributed by atoms with E-state index in [1.165, 1.54) is 7.11 Å². The van der Waals surface area contributed by atoms with Crippen LogP contribution in [0.5, 0.6) is 0 Å². The SMILES string of the molecule is COC(=O)CCc1ncc(-c2ccc(C)o2)[nH]1. The highest BCUT2D eigenvalue weighted by atomic mass is 16.5. The van der Waals surface area contributed by atoms with Gasteiger partial charge in [0.1, 0.15) is 17.3 Å². The molecule has 0 unspecified atom stereocenters. The van der Waals surface area contributed by atoms with Gasteiger partial charge >= 0.3 is 5.97 Å². The molecule has 90 valence electrons. The van der Waals surface area contributed by atoms with E-state index >= 15 is 0 Å². The highest BCUT2D eigenvalue weighted by Crippen LogP contribution is 2.19. The third-order valence-electron chi connectivity index (χ3n) is 2.43. The van der Waals surface area contributed by atoms with Crippen LogP contribution in [0.25, 0.3) is 11.5 Å². The van der Waals surface area contributed by atoms with Gasteiger partial charge in [0.05, 0.1) is 19.7 Å². The van der Waals surface area contributed by atoms with Crippen LogP contribution in [0, 0.1) is 6.92 Å². The van der Waals surface area contributed by atoms with Gasteiger partial charge in [0.2, 0.25) is 0 Å². The van der Waals surface area contributed by atoms with Crippen LogP contribution in [0.1, 0.15) is 18.0 Å². The molecule has 0 aromatic carbocycles. The van der Waals surface area contributed by atoms with Crippen LogP contribution in [-0.2, 0) is 16.0 Å². The molecule has 0 radical (unpaired) electrons. The third-order valence-corrected chi connectivity index (χ3v) is 2.43. The second kappa shape index (κ2) is 4.86. The zero-order chi connectivity index (χ0) is 12.3. The summed E-state index contributed by atoms with van der Waals surface area (Å²) in [4.78, 5) is 18.3. The Balaban J connectivity index is 2.03. The number of aryl methyl sites for hydroxylation is 2. The molecule has 5 nitrogen and oxygen atoms in total. The topological polar surface area (TPSA) is 68.1 Å². The van der Waals surface area contributed by atoms with Crippen molar-refractivity contribution in [2.24, 2.45) is 0 Å². The molecular formula is C12H14N2O3. The first-order valence-corrected chi connectivity index (χ1v) is 5.36. The molecular weight excluding hydrogens is 220 g/mol. The molecule has 2 heterocycles. The molecule has 2 rings (SSSR count). The lowest BCUT2D eigenvalue weighted by molar-refractivity contribution is -0.140. The molecule has 0 aliphatic rings. The summed E-state index contributed by atoms with van der Waals surface area (Å²) >= 11 is 0. The van der Waals surface area contributed by atoms with Gasteiger partial charge in [0, 0.05) is 6.42 Å². The van der Waals surface area contributed by atoms with E-state index in [1.807, 2.05) is 19.1 Å². The largest absolute Gasteiger partial charge is 0.469 e. The smallest absolute Gasteiger partial charge is 0.305 e. The van der Waals surface area contributed by atoms with Crippen molar-refractivity contribution in [2.45, 2.75) is 19.8 Å². The molecule has 1 N–H and O–H groups in total. The summed E-state index contributed by atoms with van der Waals surface area (Å²) in [6, 6.07) is 3.78. The summed E-state index contributed by atoms with van der Waals surface area (Å²) < 4.78 is 10.0. The zero-order valence-corrected chi connectivity index (χ0v) is 9.82. The van der Waals surface area contributed by atoms with Crippen LogP contribution in [0.3, 0.4) is 0 Å². The molecule has 0 aliphatic carbocycles. The van der Waals surface area contributed by atoms with Crippen molar-refractivity contribution in [1.29, 1.82) is 0 Å². The predicted octanol–water partition coefficient (Wildman–Crippen LogP) is 2.08. The number of rotatable bonds is 4. The average molecular weight is 234 g/mol. The summed E-state index contributed by atoms with van der Waals surface area (Å²) in [5, 5.41) is 0. The van der Waals surface area contributed by atoms with Gasteiger partial charge in [-0.1, -0.05) is 0 Å². The molecule has 2 aromatic rings. The molecule has 0 saturated carbocycles. The van der Waals surface area contributed by atoms with E-state index in [1.54, 1.807) is 6.20 Å². The van der Waals surface area contributed by atoms with Crippen LogP contribution in [-0.4, -0.2) is 23.0 Å². The van der Waals surface area contributed by atoms with Gasteiger partial charge in [0.15, 0.2) is 5.76 Å². The number of imidazole rings is 1. The summed E-state index contributed by atoms with van der Waals surface area (Å²) in [6.45, 7) is 1.89. The van der Waals surface area contributed by atoms with Crippen molar-refractivity contribution in [3.05, 3.63) is 29.9 Å². The molecule has 5 heteroatoms. The third kappa shape index (κ3) is 2.75. The number of nitrogens with zero attached hydrogens (tertiary/aromatic N) is 1. The highest BCUT2D eigenvalue weighted by Gasteiger charge is 2.08. The molecule has 0 fully saturated rings. The maximum atomic E-state index is 11.0. The van der Waals surface area contributed by atoms with Gasteiger partial charge in [-0.15, -0.1) is 0 Å². The number of carbonyl (C=O) groups excluding carboxylic acids is 1. The monoisotopic (exact) mass is 234 g/mol. The Morgan fingerprint density at radius 1 is 1.53 bits per heavy atom. The number of aromatic amines is 1. The molecule has 0 atom stereocenters. The van der Waals surface area contributed by atoms with E-state index < -0.39 is 0 Å². The van der Waals surface area contributed by atoms with E-state index in [-0.39, 0.29) is 5.97 Å². The van der Waals surface area contributed by atoms with Crippen LogP contribution >= 0.6 is 0 Å². The minimum atomic E-state index is -0.239. The number of H-pyrrole nitrogens is 1. The lowest BCUT2D eigenvalue weighted by Crippen LogP contribution is -2.02. The molecule has 0 bridgehead atoms. The Morgan fingerprint density at radius 3 is 3.00 bits per heavy atom. The minimum absolute atomic E-state index is 0.239. The molecule has 0 amide bonds. The van der Waals surface area contributed by atoms with Crippen LogP contribution in [0.15, 0.2) is 22.7 Å². The van der Waals surface area contributed by atoms with Gasteiger partial charge in [-0.2, -0.15) is 0 Å². The van der Waals surface area contributed by atoms with Crippen molar-refractivity contribution in [1.82, 2.24) is 9.97 Å². The number of carbonyl (C=O) groups is 1. The number of nitrogens with one attached hydrogen (secondary N) is 1. The van der Waals surface area contributed by atoms with Gasteiger partial charge in [-0.05, 0) is 19.1 Å². The summed E-state index contributed by atoms with van der Waals surface area (Å²) in [7, 11) is 1.38. The van der Waals surface area contributed by atoms with Gasteiger partial charge in [-0.25, -0.2) is 4.98 Å². The first-order chi connectivity index (χ1) is 8.19. The normalized spacial score (nSPS) is 10.5. The van der Waals surface area contributed by atoms with Crippen molar-refractivity contribution in [3.8, 4) is 11.5 Å². The van der Waals surface area contributed by atoms with E-state index in [2.05, 4.69) is 14.7 Å². The second-order valence-corrected chi connectivity index (χ2v) is 3.73. The minimum Gasteiger partial charge on any atom is -0.469 e. The molecule has 0 saturated heterocycles. The van der Waals surface area contributed by atoms with E-state index in [0.717, 1.165) is 23.0 Å². The number of ether oxygens (including phenoxy) is 1. The number of aromatic nitrogens is 2. The quantitative estimate of drug-likeness (QED) is 0.822. The molecule has 2 aromatic heterocycles. The maximum Gasteiger partial charge on any atom is 0.305 e. The molecule has 0 spiro atoms. The Kier molecular flexibility index (Phi) is 3.27. The fourth-order valence-electron chi connectivity index (χ4n) is 1.52. The lowest BCUT2D eigenvalue weighted by Gasteiger charge is -1.96. The van der Waals surface area contributed by atoms with Gasteiger partial charge in [0.25, 0.3) is 0 Å². The fraction of sp³-hybridized carbons (Fsp3) is 0.333. The second-order valence-electron chi connectivity index (χ2n) is 3.73. The number of furan rings is 1. The van der Waals surface area contributed by atoms with Crippen molar-refractivity contribution < 1.29 is 13.9 Å². The number of esters is 1. The highest BCUT2D eigenvalue weighted by molar-refractivity contribution is 5.69. The number of methoxy groups -OCH3 is 1. The summed E-state index contributed by atoms with van der Waals surface area (Å²) in [5.41, 5.74) is 0.818. The maximum absolute atomic E-state index is 11.0. The summed E-state index contributed by atoms with van der Waals surface area (Å²) in [5.74, 6) is 2.11. The average Bonchev–Trinajstić information content (AvgIpc) is 2.94. The molecule has 17 heavy (non-hydrogen) atoms. The standard InChI is InChI=1S/C12H14N2O3/c1-8-3-4-10(17-8)9-7-13-11(14-9)5-6-12(15)16-2/h3-4,7H,5-6H2,1-2H3,(H,13,14). The Bertz CT molecular complexity index is 513. The van der Waals surface area contributed by atoms with Crippen LogP contribution in [0.2, 0.25) is 0 Å². The van der Waals surface area contributed by atoms with Gasteiger partial charge < -0.3 is 14.1 Å². The van der Waals surface area contributed by atoms with E-state index in [0.29, 0.717) is 12.8 Å². The Hall–Kier alpha value is -2.04. The van der Waals surface area contributed by atoms with Crippen molar-refractivity contribution in [2.75, 3.05) is 7.11 Å². The van der Waals surface area contributed by atoms with Crippen LogP contribution in [0.4, 0.5) is 0 Å². The fourth-order valence-corrected chi connectivity index (χ4v) is 1.52. The lowest BCUT2D eigenvalue weighted by atomic mass is 10.3. The predicted molar refractivity (Wildman–Crippen MR) is 61.4 cm³/mol. The Labute approximate surface area is 98.8 Å². The number of hydrogen-bond donors (Lipinski definition) is 1. The van der Waals surface area contributed by atoms with Crippen molar-refractivity contribution >= 4 is 5.97 Å².